The molecule has 1 aliphatic rings. The number of likely N-dealkylation sites (tertiary alicyclic amines) is 1. The second-order valence-electron chi connectivity index (χ2n) is 8.69. The first-order valence-electron chi connectivity index (χ1n) is 10.7. The normalized spacial score (nSPS) is 20.6. The van der Waals surface area contributed by atoms with Gasteiger partial charge in [0.05, 0.1) is 12.5 Å². The van der Waals surface area contributed by atoms with Gasteiger partial charge in [-0.15, -0.1) is 0 Å². The SMILES string of the molecule is Cc1[nH]c2ccccc2c1CC1CC(O)CN1Cc1ccc(C(C)CC(=O)O)cc1. The van der Waals surface area contributed by atoms with Gasteiger partial charge >= 0.3 is 5.97 Å². The van der Waals surface area contributed by atoms with Crippen LogP contribution in [0.2, 0.25) is 0 Å². The van der Waals surface area contributed by atoms with Crippen molar-refractivity contribution in [3.63, 3.8) is 0 Å². The molecule has 2 heterocycles. The molecule has 0 radical (unpaired) electrons. The quantitative estimate of drug-likeness (QED) is 0.549. The number of nitrogens with one attached hydrogen (secondary N) is 1. The average Bonchev–Trinajstić information content (AvgIpc) is 3.21. The van der Waals surface area contributed by atoms with E-state index in [1.807, 2.05) is 19.1 Å². The summed E-state index contributed by atoms with van der Waals surface area (Å²) < 4.78 is 0. The Morgan fingerprint density at radius 1 is 1.20 bits per heavy atom. The molecule has 0 saturated carbocycles. The summed E-state index contributed by atoms with van der Waals surface area (Å²) in [4.78, 5) is 16.8. The van der Waals surface area contributed by atoms with Crippen LogP contribution in [0.5, 0.6) is 0 Å². The van der Waals surface area contributed by atoms with Gasteiger partial charge in [-0.2, -0.15) is 0 Å². The molecule has 3 aromatic rings. The zero-order valence-corrected chi connectivity index (χ0v) is 17.6. The van der Waals surface area contributed by atoms with Gasteiger partial charge in [-0.05, 0) is 48.4 Å². The number of β-amino-alcohol motifs (C(OH)–C–C–N with tert-alkyl or cyclic N) is 1. The zero-order chi connectivity index (χ0) is 21.3. The van der Waals surface area contributed by atoms with Crippen LogP contribution >= 0.6 is 0 Å². The molecule has 3 unspecified atom stereocenters. The highest BCUT2D eigenvalue weighted by molar-refractivity contribution is 5.84. The maximum atomic E-state index is 11.0. The second-order valence-corrected chi connectivity index (χ2v) is 8.69. The van der Waals surface area contributed by atoms with E-state index in [0.29, 0.717) is 12.6 Å². The van der Waals surface area contributed by atoms with Crippen molar-refractivity contribution in [3.8, 4) is 0 Å². The number of carboxylic acid groups (broad SMARTS) is 1. The van der Waals surface area contributed by atoms with Crippen LogP contribution in [0.15, 0.2) is 48.5 Å². The number of carboxylic acids is 1. The van der Waals surface area contributed by atoms with Gasteiger partial charge in [-0.1, -0.05) is 49.4 Å². The zero-order valence-electron chi connectivity index (χ0n) is 17.6. The number of rotatable bonds is 7. The van der Waals surface area contributed by atoms with Crippen molar-refractivity contribution in [2.24, 2.45) is 0 Å². The number of hydrogen-bond donors (Lipinski definition) is 3. The Morgan fingerprint density at radius 3 is 2.67 bits per heavy atom. The number of hydrogen-bond acceptors (Lipinski definition) is 3. The van der Waals surface area contributed by atoms with Crippen LogP contribution in [0.4, 0.5) is 0 Å². The number of nitrogens with zero attached hydrogens (tertiary/aromatic N) is 1. The van der Waals surface area contributed by atoms with Crippen molar-refractivity contribution in [1.29, 1.82) is 0 Å². The Morgan fingerprint density at radius 2 is 1.93 bits per heavy atom. The highest BCUT2D eigenvalue weighted by atomic mass is 16.4. The fourth-order valence-corrected chi connectivity index (χ4v) is 4.76. The largest absolute Gasteiger partial charge is 0.481 e. The van der Waals surface area contributed by atoms with E-state index in [2.05, 4.69) is 53.2 Å². The van der Waals surface area contributed by atoms with E-state index in [1.54, 1.807) is 0 Å². The lowest BCUT2D eigenvalue weighted by Crippen LogP contribution is -2.31. The van der Waals surface area contributed by atoms with Crippen molar-refractivity contribution in [2.45, 2.75) is 57.7 Å². The molecule has 0 bridgehead atoms. The number of H-pyrrole nitrogens is 1. The molecule has 3 atom stereocenters. The maximum Gasteiger partial charge on any atom is 0.303 e. The van der Waals surface area contributed by atoms with E-state index in [0.717, 1.165) is 24.9 Å². The Bertz CT molecular complexity index is 1020. The van der Waals surface area contributed by atoms with Crippen LogP contribution < -0.4 is 0 Å². The summed E-state index contributed by atoms with van der Waals surface area (Å²) in [6, 6.07) is 17.0. The van der Waals surface area contributed by atoms with Crippen LogP contribution in [0, 0.1) is 6.92 Å². The highest BCUT2D eigenvalue weighted by Crippen LogP contribution is 2.29. The Labute approximate surface area is 177 Å². The standard InChI is InChI=1S/C25H30N2O3/c1-16(11-25(29)30)19-9-7-18(8-10-19)14-27-15-21(28)12-20(27)13-23-17(2)26-24-6-4-3-5-22(23)24/h3-10,16,20-21,26,28H,11-15H2,1-2H3,(H,29,30). The molecule has 0 spiro atoms. The van der Waals surface area contributed by atoms with E-state index in [4.69, 9.17) is 5.11 Å². The van der Waals surface area contributed by atoms with Gasteiger partial charge in [0, 0.05) is 35.7 Å². The van der Waals surface area contributed by atoms with E-state index in [-0.39, 0.29) is 18.4 Å². The smallest absolute Gasteiger partial charge is 0.303 e. The number of aromatic nitrogens is 1. The summed E-state index contributed by atoms with van der Waals surface area (Å²) in [6.45, 7) is 5.54. The number of aliphatic hydroxyl groups excluding tert-OH is 1. The Kier molecular flexibility index (Phi) is 5.93. The molecular weight excluding hydrogens is 376 g/mol. The number of benzene rings is 2. The number of para-hydroxylation sites is 1. The molecular formula is C25H30N2O3. The number of aliphatic carboxylic acids is 1. The van der Waals surface area contributed by atoms with E-state index in [9.17, 15) is 9.90 Å². The summed E-state index contributed by atoms with van der Waals surface area (Å²) in [6.07, 6.45) is 1.55. The summed E-state index contributed by atoms with van der Waals surface area (Å²) >= 11 is 0. The summed E-state index contributed by atoms with van der Waals surface area (Å²) in [5.41, 5.74) is 5.95. The van der Waals surface area contributed by atoms with Crippen LogP contribution in [0.1, 0.15) is 48.1 Å². The summed E-state index contributed by atoms with van der Waals surface area (Å²) in [5.74, 6) is -0.768. The van der Waals surface area contributed by atoms with E-state index in [1.165, 1.54) is 27.7 Å². The average molecular weight is 407 g/mol. The fraction of sp³-hybridized carbons (Fsp3) is 0.400. The third-order valence-corrected chi connectivity index (χ3v) is 6.39. The molecule has 3 N–H and O–H groups in total. The first kappa shape index (κ1) is 20.6. The monoisotopic (exact) mass is 406 g/mol. The lowest BCUT2D eigenvalue weighted by Gasteiger charge is -2.24. The predicted octanol–water partition coefficient (Wildman–Crippen LogP) is 4.23. The van der Waals surface area contributed by atoms with Gasteiger partial charge in [0.25, 0.3) is 0 Å². The number of carbonyl (C=O) groups is 1. The van der Waals surface area contributed by atoms with Gasteiger partial charge in [0.15, 0.2) is 0 Å². The minimum atomic E-state index is -0.770. The van der Waals surface area contributed by atoms with Gasteiger partial charge < -0.3 is 15.2 Å². The predicted molar refractivity (Wildman–Crippen MR) is 119 cm³/mol. The minimum absolute atomic E-state index is 0.00255. The summed E-state index contributed by atoms with van der Waals surface area (Å²) in [7, 11) is 0. The topological polar surface area (TPSA) is 76.6 Å². The number of aliphatic hydroxyl groups is 1. The van der Waals surface area contributed by atoms with Crippen LogP contribution in [-0.4, -0.2) is 44.8 Å². The molecule has 30 heavy (non-hydrogen) atoms. The van der Waals surface area contributed by atoms with Crippen molar-refractivity contribution in [2.75, 3.05) is 6.54 Å². The minimum Gasteiger partial charge on any atom is -0.481 e. The molecule has 0 amide bonds. The van der Waals surface area contributed by atoms with Gasteiger partial charge in [-0.25, -0.2) is 0 Å². The van der Waals surface area contributed by atoms with Crippen molar-refractivity contribution in [1.82, 2.24) is 9.88 Å². The number of aryl methyl sites for hydroxylation is 1. The Balaban J connectivity index is 1.48. The van der Waals surface area contributed by atoms with Crippen molar-refractivity contribution in [3.05, 3.63) is 70.9 Å². The van der Waals surface area contributed by atoms with E-state index < -0.39 is 5.97 Å². The molecule has 1 fully saturated rings. The lowest BCUT2D eigenvalue weighted by molar-refractivity contribution is -0.137. The van der Waals surface area contributed by atoms with Gasteiger partial charge in [-0.3, -0.25) is 9.69 Å². The van der Waals surface area contributed by atoms with Gasteiger partial charge in [0.2, 0.25) is 0 Å². The van der Waals surface area contributed by atoms with Crippen molar-refractivity contribution < 1.29 is 15.0 Å². The fourth-order valence-electron chi connectivity index (χ4n) is 4.76. The molecule has 5 heteroatoms. The molecule has 1 saturated heterocycles. The molecule has 1 aliphatic heterocycles. The lowest BCUT2D eigenvalue weighted by atomic mass is 9.96. The van der Waals surface area contributed by atoms with Crippen LogP contribution in [0.3, 0.4) is 0 Å². The van der Waals surface area contributed by atoms with Crippen molar-refractivity contribution >= 4 is 16.9 Å². The maximum absolute atomic E-state index is 11.0. The first-order valence-corrected chi connectivity index (χ1v) is 10.7. The first-order chi connectivity index (χ1) is 14.4. The third-order valence-electron chi connectivity index (χ3n) is 6.39. The molecule has 0 aliphatic carbocycles. The molecule has 5 nitrogen and oxygen atoms in total. The molecule has 2 aromatic carbocycles. The molecule has 1 aromatic heterocycles. The third kappa shape index (κ3) is 4.42. The number of aromatic amines is 1. The second kappa shape index (κ2) is 8.62. The van der Waals surface area contributed by atoms with Crippen LogP contribution in [-0.2, 0) is 17.8 Å². The molecule has 4 rings (SSSR count). The Hall–Kier alpha value is -2.63. The van der Waals surface area contributed by atoms with Gasteiger partial charge in [0.1, 0.15) is 0 Å². The van der Waals surface area contributed by atoms with Crippen LogP contribution in [0.25, 0.3) is 10.9 Å². The molecule has 158 valence electrons. The highest BCUT2D eigenvalue weighted by Gasteiger charge is 2.31. The van der Waals surface area contributed by atoms with E-state index >= 15 is 0 Å². The number of fused-ring (bicyclic) bond motifs is 1. The summed E-state index contributed by atoms with van der Waals surface area (Å²) in [5, 5.41) is 20.6.